The first-order chi connectivity index (χ1) is 16.7. The highest BCUT2D eigenvalue weighted by Gasteiger charge is 2.20. The lowest BCUT2D eigenvalue weighted by Gasteiger charge is -2.36. The highest BCUT2D eigenvalue weighted by atomic mass is 32.1. The van der Waals surface area contributed by atoms with Gasteiger partial charge in [0.2, 0.25) is 0 Å². The van der Waals surface area contributed by atoms with Gasteiger partial charge in [-0.05, 0) is 18.8 Å². The lowest BCUT2D eigenvalue weighted by molar-refractivity contribution is 0.0974. The minimum Gasteiger partial charge on any atom is -0.304 e. The van der Waals surface area contributed by atoms with E-state index in [1.807, 2.05) is 0 Å². The van der Waals surface area contributed by atoms with E-state index in [9.17, 15) is 0 Å². The van der Waals surface area contributed by atoms with E-state index in [-0.39, 0.29) is 0 Å². The van der Waals surface area contributed by atoms with E-state index in [1.54, 1.807) is 0 Å². The molecule has 0 bridgehead atoms. The number of nitrogens with zero attached hydrogens (tertiary/aromatic N) is 2. The minimum absolute atomic E-state index is 0.585. The summed E-state index contributed by atoms with van der Waals surface area (Å²) in [6.45, 7) is 10.3. The van der Waals surface area contributed by atoms with Crippen molar-refractivity contribution in [3.05, 3.63) is 0 Å². The Morgan fingerprint density at radius 2 is 1.03 bits per heavy atom. The van der Waals surface area contributed by atoms with Gasteiger partial charge < -0.3 is 10.3 Å². The molecule has 34 heavy (non-hydrogen) atoms. The number of hydrogen-bond acceptors (Lipinski definition) is 3. The zero-order chi connectivity index (χ0) is 24.7. The fraction of sp³-hybridized carbons (Fsp3) is 0.966. The molecule has 1 unspecified atom stereocenters. The number of rotatable bonds is 23. The number of hydrazine groups is 1. The van der Waals surface area contributed by atoms with Crippen LogP contribution in [-0.4, -0.2) is 47.0 Å². The molecule has 5 heteroatoms. The fourth-order valence-corrected chi connectivity index (χ4v) is 5.63. The van der Waals surface area contributed by atoms with E-state index in [2.05, 4.69) is 41.8 Å². The first-order valence-electron chi connectivity index (χ1n) is 15.1. The van der Waals surface area contributed by atoms with Gasteiger partial charge in [-0.15, -0.1) is 12.6 Å². The highest BCUT2D eigenvalue weighted by Crippen LogP contribution is 2.21. The maximum Gasteiger partial charge on any atom is 0.145 e. The molecule has 1 saturated heterocycles. The van der Waals surface area contributed by atoms with Crippen LogP contribution in [0.5, 0.6) is 0 Å². The highest BCUT2D eigenvalue weighted by molar-refractivity contribution is 8.11. The number of hydrogen-bond donors (Lipinski definition) is 2. The third kappa shape index (κ3) is 19.4. The molecule has 0 aromatic rings. The Kier molecular flexibility index (Phi) is 22.3. The van der Waals surface area contributed by atoms with Crippen LogP contribution in [0.3, 0.4) is 0 Å². The van der Waals surface area contributed by atoms with Gasteiger partial charge in [-0.1, -0.05) is 142 Å². The third-order valence-corrected chi connectivity index (χ3v) is 7.77. The zero-order valence-corrected chi connectivity index (χ0v) is 24.7. The molecular weight excluding hydrogens is 454 g/mol. The van der Waals surface area contributed by atoms with Gasteiger partial charge in [-0.25, -0.2) is 5.01 Å². The minimum atomic E-state index is 0.585. The van der Waals surface area contributed by atoms with E-state index in [4.69, 9.17) is 12.2 Å². The lowest BCUT2D eigenvalue weighted by Crippen LogP contribution is -2.53. The van der Waals surface area contributed by atoms with E-state index in [1.165, 1.54) is 135 Å². The van der Waals surface area contributed by atoms with Crippen LogP contribution in [0.4, 0.5) is 0 Å². The molecule has 0 spiro atoms. The summed E-state index contributed by atoms with van der Waals surface area (Å²) in [5, 5.41) is 2.22. The number of unbranched alkanes of at least 4 members (excludes halogenated alkanes) is 16. The van der Waals surface area contributed by atoms with Gasteiger partial charge in [0.15, 0.2) is 0 Å². The summed E-state index contributed by atoms with van der Waals surface area (Å²) < 4.78 is 0.585. The van der Waals surface area contributed by atoms with Crippen LogP contribution in [0.2, 0.25) is 0 Å². The van der Waals surface area contributed by atoms with E-state index in [0.717, 1.165) is 32.1 Å². The smallest absolute Gasteiger partial charge is 0.145 e. The predicted molar refractivity (Wildman–Crippen MR) is 160 cm³/mol. The molecule has 1 heterocycles. The van der Waals surface area contributed by atoms with Crippen LogP contribution in [-0.2, 0) is 0 Å². The maximum absolute atomic E-state index is 5.08. The molecule has 1 fully saturated rings. The topological polar surface area (TPSA) is 18.5 Å². The van der Waals surface area contributed by atoms with Gasteiger partial charge in [0.1, 0.15) is 4.32 Å². The van der Waals surface area contributed by atoms with Crippen molar-refractivity contribution >= 4 is 29.2 Å². The molecule has 1 N–H and O–H groups in total. The monoisotopic (exact) mass is 513 g/mol. The van der Waals surface area contributed by atoms with Crippen molar-refractivity contribution in [1.29, 1.82) is 0 Å². The average molecular weight is 514 g/mol. The standard InChI is InChI=1S/C29H59N3S2/c1-3-5-7-9-11-13-14-16-18-20-22-28(21-19-17-15-12-10-8-6-4-2)27-31-23-25-32(26-24-31)30-29(33)34/h28H,3-27H2,1-2H3,(H2,30,33,34). The summed E-state index contributed by atoms with van der Waals surface area (Å²) in [5.41, 5.74) is 3.20. The van der Waals surface area contributed by atoms with E-state index < -0.39 is 0 Å². The fourth-order valence-electron chi connectivity index (χ4n) is 5.36. The first kappa shape index (κ1) is 32.2. The van der Waals surface area contributed by atoms with Crippen LogP contribution < -0.4 is 5.43 Å². The normalized spacial score (nSPS) is 16.1. The average Bonchev–Trinajstić information content (AvgIpc) is 2.82. The number of piperazine rings is 1. The second kappa shape index (κ2) is 23.6. The number of nitrogens with one attached hydrogen (secondary N) is 1. The van der Waals surface area contributed by atoms with Gasteiger partial charge in [-0.2, -0.15) is 0 Å². The van der Waals surface area contributed by atoms with Gasteiger partial charge in [-0.3, -0.25) is 0 Å². The van der Waals surface area contributed by atoms with Gasteiger partial charge in [0, 0.05) is 32.7 Å². The quantitative estimate of drug-likeness (QED) is 0.0807. The van der Waals surface area contributed by atoms with Crippen molar-refractivity contribution in [2.75, 3.05) is 32.7 Å². The summed E-state index contributed by atoms with van der Waals surface area (Å²) in [5.74, 6) is 0.889. The van der Waals surface area contributed by atoms with Crippen molar-refractivity contribution in [2.24, 2.45) is 5.92 Å². The van der Waals surface area contributed by atoms with Crippen LogP contribution >= 0.6 is 24.8 Å². The maximum atomic E-state index is 5.08. The Labute approximate surface area is 225 Å². The van der Waals surface area contributed by atoms with Gasteiger partial charge in [0.25, 0.3) is 0 Å². The number of thiocarbonyl (C=S) groups is 1. The summed E-state index contributed by atoms with van der Waals surface area (Å²) in [4.78, 5) is 2.70. The second-order valence-corrected chi connectivity index (χ2v) is 12.0. The molecular formula is C29H59N3S2. The van der Waals surface area contributed by atoms with E-state index >= 15 is 0 Å². The molecule has 0 amide bonds. The van der Waals surface area contributed by atoms with Gasteiger partial charge in [0.05, 0.1) is 0 Å². The van der Waals surface area contributed by atoms with Crippen LogP contribution in [0, 0.1) is 5.92 Å². The third-order valence-electron chi connectivity index (χ3n) is 7.57. The first-order valence-corrected chi connectivity index (χ1v) is 16.0. The molecule has 0 aromatic carbocycles. The molecule has 3 nitrogen and oxygen atoms in total. The van der Waals surface area contributed by atoms with Gasteiger partial charge >= 0.3 is 0 Å². The molecule has 1 aliphatic heterocycles. The summed E-state index contributed by atoms with van der Waals surface area (Å²) in [6.07, 6.45) is 28.7. The molecule has 0 saturated carbocycles. The number of thiol groups is 1. The van der Waals surface area contributed by atoms with Crippen molar-refractivity contribution in [1.82, 2.24) is 15.3 Å². The predicted octanol–water partition coefficient (Wildman–Crippen LogP) is 8.78. The SMILES string of the molecule is CCCCCCCCCCCCC(CCCCCCCCCC)CN1CCN(NC(=S)S)CC1. The lowest BCUT2D eigenvalue weighted by atomic mass is 9.93. The second-order valence-electron chi connectivity index (χ2n) is 10.8. The summed E-state index contributed by atoms with van der Waals surface area (Å²) >= 11 is 9.30. The Bertz CT molecular complexity index is 453. The van der Waals surface area contributed by atoms with Crippen LogP contribution in [0.1, 0.15) is 142 Å². The van der Waals surface area contributed by atoms with E-state index in [0.29, 0.717) is 4.32 Å². The Balaban J connectivity index is 2.22. The van der Waals surface area contributed by atoms with Crippen LogP contribution in [0.15, 0.2) is 0 Å². The largest absolute Gasteiger partial charge is 0.304 e. The van der Waals surface area contributed by atoms with Crippen LogP contribution in [0.25, 0.3) is 0 Å². The summed E-state index contributed by atoms with van der Waals surface area (Å²) in [6, 6.07) is 0. The summed E-state index contributed by atoms with van der Waals surface area (Å²) in [7, 11) is 0. The zero-order valence-electron chi connectivity index (χ0n) is 23.0. The Hall–Kier alpha value is 0.160. The molecule has 1 aliphatic rings. The van der Waals surface area contributed by atoms with Crippen molar-refractivity contribution in [3.63, 3.8) is 0 Å². The van der Waals surface area contributed by atoms with Crippen molar-refractivity contribution in [2.45, 2.75) is 142 Å². The molecule has 0 radical (unpaired) electrons. The molecule has 1 atom stereocenters. The van der Waals surface area contributed by atoms with Crippen molar-refractivity contribution in [3.8, 4) is 0 Å². The Morgan fingerprint density at radius 1 is 0.647 bits per heavy atom. The molecule has 1 rings (SSSR count). The molecule has 0 aromatic heterocycles. The Morgan fingerprint density at radius 3 is 1.41 bits per heavy atom. The molecule has 0 aliphatic carbocycles. The van der Waals surface area contributed by atoms with Crippen molar-refractivity contribution < 1.29 is 0 Å². The molecule has 202 valence electrons.